The minimum atomic E-state index is 0.237. The van der Waals surface area contributed by atoms with Gasteiger partial charge in [-0.25, -0.2) is 0 Å². The van der Waals surface area contributed by atoms with Crippen molar-refractivity contribution >= 4 is 5.91 Å². The van der Waals surface area contributed by atoms with E-state index in [-0.39, 0.29) is 11.9 Å². The van der Waals surface area contributed by atoms with E-state index in [2.05, 4.69) is 31.3 Å². The van der Waals surface area contributed by atoms with Crippen molar-refractivity contribution in [1.29, 1.82) is 0 Å². The Morgan fingerprint density at radius 1 is 1.13 bits per heavy atom. The molecule has 0 atom stereocenters. The van der Waals surface area contributed by atoms with Gasteiger partial charge < -0.3 is 10.2 Å². The van der Waals surface area contributed by atoms with Gasteiger partial charge in [-0.05, 0) is 32.3 Å². The summed E-state index contributed by atoms with van der Waals surface area (Å²) in [6, 6.07) is 11.1. The number of rotatable bonds is 7. The molecule has 0 aromatic heterocycles. The van der Waals surface area contributed by atoms with Gasteiger partial charge in [-0.2, -0.15) is 0 Å². The number of benzene rings is 1. The number of nitrogens with zero attached hydrogens (tertiary/aromatic N) is 1. The van der Waals surface area contributed by atoms with Crippen LogP contribution in [0.15, 0.2) is 30.3 Å². The zero-order valence-corrected chi connectivity index (χ0v) is 14.8. The van der Waals surface area contributed by atoms with Crippen LogP contribution in [0.2, 0.25) is 0 Å². The monoisotopic (exact) mass is 316 g/mol. The number of carbonyl (C=O) groups is 1. The third-order valence-electron chi connectivity index (χ3n) is 4.77. The SMILES string of the molecule is CC(C)N(Cc1ccccc1)C(=O)CCNC1CCCCCC1. The van der Waals surface area contributed by atoms with Gasteiger partial charge in [0, 0.05) is 31.6 Å². The van der Waals surface area contributed by atoms with Crippen molar-refractivity contribution in [3.63, 3.8) is 0 Å². The van der Waals surface area contributed by atoms with Crippen molar-refractivity contribution in [2.75, 3.05) is 6.54 Å². The number of amides is 1. The summed E-state index contributed by atoms with van der Waals surface area (Å²) >= 11 is 0. The summed E-state index contributed by atoms with van der Waals surface area (Å²) in [6.45, 7) is 5.71. The van der Waals surface area contributed by atoms with Gasteiger partial charge in [-0.3, -0.25) is 4.79 Å². The van der Waals surface area contributed by atoms with Crippen LogP contribution in [0.1, 0.15) is 64.4 Å². The van der Waals surface area contributed by atoms with E-state index < -0.39 is 0 Å². The maximum absolute atomic E-state index is 12.6. The molecule has 1 saturated carbocycles. The fraction of sp³-hybridized carbons (Fsp3) is 0.650. The molecular formula is C20H32N2O. The maximum atomic E-state index is 12.6. The molecule has 0 bridgehead atoms. The summed E-state index contributed by atoms with van der Waals surface area (Å²) in [4.78, 5) is 14.6. The Hall–Kier alpha value is -1.35. The van der Waals surface area contributed by atoms with Gasteiger partial charge in [-0.15, -0.1) is 0 Å². The number of nitrogens with one attached hydrogen (secondary N) is 1. The van der Waals surface area contributed by atoms with Crippen LogP contribution in [-0.4, -0.2) is 29.4 Å². The highest BCUT2D eigenvalue weighted by atomic mass is 16.2. The van der Waals surface area contributed by atoms with E-state index in [0.29, 0.717) is 19.0 Å². The molecule has 0 spiro atoms. The Morgan fingerprint density at radius 3 is 2.39 bits per heavy atom. The molecular weight excluding hydrogens is 284 g/mol. The van der Waals surface area contributed by atoms with E-state index in [4.69, 9.17) is 0 Å². The molecule has 0 aliphatic heterocycles. The molecule has 3 heteroatoms. The first-order chi connectivity index (χ1) is 11.2. The fourth-order valence-corrected chi connectivity index (χ4v) is 3.35. The fourth-order valence-electron chi connectivity index (χ4n) is 3.35. The average Bonchev–Trinajstić information content (AvgIpc) is 2.82. The quantitative estimate of drug-likeness (QED) is 0.767. The van der Waals surface area contributed by atoms with Crippen LogP contribution >= 0.6 is 0 Å². The standard InChI is InChI=1S/C20H32N2O/c1-17(2)22(16-18-10-6-5-7-11-18)20(23)14-15-21-19-12-8-3-4-9-13-19/h5-7,10-11,17,19,21H,3-4,8-9,12-16H2,1-2H3. The van der Waals surface area contributed by atoms with Crippen molar-refractivity contribution in [1.82, 2.24) is 10.2 Å². The molecule has 23 heavy (non-hydrogen) atoms. The predicted molar refractivity (Wildman–Crippen MR) is 96.2 cm³/mol. The zero-order valence-electron chi connectivity index (χ0n) is 14.8. The first kappa shape index (κ1) is 18.0. The Kier molecular flexibility index (Phi) is 7.60. The normalized spacial score (nSPS) is 16.3. The molecule has 1 aromatic rings. The molecule has 1 fully saturated rings. The van der Waals surface area contributed by atoms with Crippen molar-refractivity contribution in [2.45, 2.75) is 77.4 Å². The van der Waals surface area contributed by atoms with Crippen LogP contribution in [0.5, 0.6) is 0 Å². The lowest BCUT2D eigenvalue weighted by atomic mass is 10.1. The van der Waals surface area contributed by atoms with Crippen molar-refractivity contribution in [2.24, 2.45) is 0 Å². The van der Waals surface area contributed by atoms with Crippen LogP contribution in [-0.2, 0) is 11.3 Å². The number of hydrogen-bond acceptors (Lipinski definition) is 2. The van der Waals surface area contributed by atoms with Gasteiger partial charge in [0.25, 0.3) is 0 Å². The van der Waals surface area contributed by atoms with Gasteiger partial charge in [0.15, 0.2) is 0 Å². The Bertz CT molecular complexity index is 450. The Balaban J connectivity index is 1.78. The molecule has 0 saturated heterocycles. The third-order valence-corrected chi connectivity index (χ3v) is 4.77. The predicted octanol–water partition coefficient (Wildman–Crippen LogP) is 4.13. The van der Waals surface area contributed by atoms with Gasteiger partial charge in [0.1, 0.15) is 0 Å². The van der Waals surface area contributed by atoms with Crippen molar-refractivity contribution < 1.29 is 4.79 Å². The van der Waals surface area contributed by atoms with E-state index in [1.54, 1.807) is 0 Å². The molecule has 0 unspecified atom stereocenters. The molecule has 1 aliphatic carbocycles. The van der Waals surface area contributed by atoms with Gasteiger partial charge in [-0.1, -0.05) is 56.0 Å². The second-order valence-corrected chi connectivity index (χ2v) is 6.99. The molecule has 0 radical (unpaired) electrons. The molecule has 1 aromatic carbocycles. The Labute approximate surface area is 141 Å². The molecule has 2 rings (SSSR count). The van der Waals surface area contributed by atoms with Crippen LogP contribution in [0.3, 0.4) is 0 Å². The average molecular weight is 316 g/mol. The second kappa shape index (κ2) is 9.71. The minimum Gasteiger partial charge on any atom is -0.336 e. The molecule has 3 nitrogen and oxygen atoms in total. The van der Waals surface area contributed by atoms with E-state index in [1.165, 1.54) is 44.1 Å². The van der Waals surface area contributed by atoms with E-state index >= 15 is 0 Å². The summed E-state index contributed by atoms with van der Waals surface area (Å²) in [5, 5.41) is 3.60. The Morgan fingerprint density at radius 2 is 1.78 bits per heavy atom. The van der Waals surface area contributed by atoms with E-state index in [9.17, 15) is 4.79 Å². The summed E-state index contributed by atoms with van der Waals surface area (Å²) in [5.74, 6) is 0.255. The van der Waals surface area contributed by atoms with Crippen LogP contribution < -0.4 is 5.32 Å². The number of carbonyl (C=O) groups excluding carboxylic acids is 1. The first-order valence-electron chi connectivity index (χ1n) is 9.23. The van der Waals surface area contributed by atoms with Crippen molar-refractivity contribution in [3.05, 3.63) is 35.9 Å². The summed E-state index contributed by atoms with van der Waals surface area (Å²) in [7, 11) is 0. The molecule has 0 heterocycles. The highest BCUT2D eigenvalue weighted by Gasteiger charge is 2.18. The maximum Gasteiger partial charge on any atom is 0.224 e. The minimum absolute atomic E-state index is 0.237. The van der Waals surface area contributed by atoms with Gasteiger partial charge in [0.05, 0.1) is 0 Å². The highest BCUT2D eigenvalue weighted by molar-refractivity contribution is 5.76. The van der Waals surface area contributed by atoms with Crippen LogP contribution in [0.4, 0.5) is 0 Å². The summed E-state index contributed by atoms with van der Waals surface area (Å²) in [6.07, 6.45) is 8.54. The lowest BCUT2D eigenvalue weighted by molar-refractivity contribution is -0.133. The van der Waals surface area contributed by atoms with Crippen molar-refractivity contribution in [3.8, 4) is 0 Å². The molecule has 1 N–H and O–H groups in total. The van der Waals surface area contributed by atoms with Crippen LogP contribution in [0.25, 0.3) is 0 Å². The number of hydrogen-bond donors (Lipinski definition) is 1. The topological polar surface area (TPSA) is 32.3 Å². The summed E-state index contributed by atoms with van der Waals surface area (Å²) in [5.41, 5.74) is 1.20. The lowest BCUT2D eigenvalue weighted by Crippen LogP contribution is -2.39. The molecule has 1 amide bonds. The van der Waals surface area contributed by atoms with Gasteiger partial charge in [0.2, 0.25) is 5.91 Å². The van der Waals surface area contributed by atoms with E-state index in [0.717, 1.165) is 6.54 Å². The largest absolute Gasteiger partial charge is 0.336 e. The summed E-state index contributed by atoms with van der Waals surface area (Å²) < 4.78 is 0. The first-order valence-corrected chi connectivity index (χ1v) is 9.23. The van der Waals surface area contributed by atoms with E-state index in [1.807, 2.05) is 23.1 Å². The second-order valence-electron chi connectivity index (χ2n) is 6.99. The smallest absolute Gasteiger partial charge is 0.224 e. The molecule has 1 aliphatic rings. The van der Waals surface area contributed by atoms with Crippen LogP contribution in [0, 0.1) is 0 Å². The third kappa shape index (κ3) is 6.34. The van der Waals surface area contributed by atoms with Gasteiger partial charge >= 0.3 is 0 Å². The highest BCUT2D eigenvalue weighted by Crippen LogP contribution is 2.17. The molecule has 128 valence electrons. The lowest BCUT2D eigenvalue weighted by Gasteiger charge is -2.27. The zero-order chi connectivity index (χ0) is 16.5.